The van der Waals surface area contributed by atoms with Gasteiger partial charge in [-0.05, 0) is 48.9 Å². The maximum Gasteiger partial charge on any atom is 0.331 e. The third kappa shape index (κ3) is 5.89. The molecule has 140 valence electrons. The van der Waals surface area contributed by atoms with Crippen LogP contribution in [0.3, 0.4) is 0 Å². The molecule has 0 aromatic heterocycles. The van der Waals surface area contributed by atoms with E-state index in [9.17, 15) is 24.1 Å². The van der Waals surface area contributed by atoms with E-state index < -0.39 is 28.7 Å². The Hall–Kier alpha value is -3.26. The van der Waals surface area contributed by atoms with Gasteiger partial charge >= 0.3 is 5.97 Å². The lowest BCUT2D eigenvalue weighted by atomic mass is 10.2. The van der Waals surface area contributed by atoms with Crippen molar-refractivity contribution in [3.05, 3.63) is 75.1 Å². The molecule has 2 aromatic carbocycles. The summed E-state index contributed by atoms with van der Waals surface area (Å²) in [6.07, 6.45) is 1.36. The average Bonchev–Trinajstić information content (AvgIpc) is 2.62. The van der Waals surface area contributed by atoms with Gasteiger partial charge in [-0.25, -0.2) is 9.18 Å². The highest BCUT2D eigenvalue weighted by Crippen LogP contribution is 2.22. The van der Waals surface area contributed by atoms with E-state index in [2.05, 4.69) is 5.32 Å². The molecule has 9 heteroatoms. The summed E-state index contributed by atoms with van der Waals surface area (Å²) in [5, 5.41) is 13.0. The number of esters is 1. The Morgan fingerprint density at radius 3 is 2.52 bits per heavy atom. The summed E-state index contributed by atoms with van der Waals surface area (Å²) in [6, 6.07) is 8.99. The standard InChI is InChI=1S/C18H14ClFN2O5/c1-11(18(24)21-16-8-5-13(20)10-15(16)19)27-17(23)9-4-12-2-6-14(7-3-12)22(25)26/h2-11H,1H3,(H,21,24)/b9-4+/t11-/m1/s1. The highest BCUT2D eigenvalue weighted by atomic mass is 35.5. The number of nitrogens with zero attached hydrogens (tertiary/aromatic N) is 1. The van der Waals surface area contributed by atoms with Crippen molar-refractivity contribution in [3.8, 4) is 0 Å². The Morgan fingerprint density at radius 2 is 1.93 bits per heavy atom. The van der Waals surface area contributed by atoms with Gasteiger partial charge in [-0.2, -0.15) is 0 Å². The van der Waals surface area contributed by atoms with Gasteiger partial charge in [-0.3, -0.25) is 14.9 Å². The second-order valence-electron chi connectivity index (χ2n) is 5.37. The van der Waals surface area contributed by atoms with Crippen LogP contribution in [0.2, 0.25) is 5.02 Å². The molecule has 0 spiro atoms. The number of non-ortho nitro benzene ring substituents is 1. The van der Waals surface area contributed by atoms with Gasteiger partial charge in [-0.15, -0.1) is 0 Å². The molecule has 0 aliphatic heterocycles. The predicted molar refractivity (Wildman–Crippen MR) is 97.7 cm³/mol. The van der Waals surface area contributed by atoms with Crippen molar-refractivity contribution in [2.24, 2.45) is 0 Å². The summed E-state index contributed by atoms with van der Waals surface area (Å²) in [6.45, 7) is 1.37. The molecule has 0 heterocycles. The molecule has 0 saturated heterocycles. The smallest absolute Gasteiger partial charge is 0.331 e. The molecule has 7 nitrogen and oxygen atoms in total. The summed E-state index contributed by atoms with van der Waals surface area (Å²) in [7, 11) is 0. The monoisotopic (exact) mass is 392 g/mol. The lowest BCUT2D eigenvalue weighted by molar-refractivity contribution is -0.384. The SMILES string of the molecule is C[C@@H](OC(=O)/C=C/c1ccc([N+](=O)[O-])cc1)C(=O)Nc1ccc(F)cc1Cl. The number of nitrogens with one attached hydrogen (secondary N) is 1. The van der Waals surface area contributed by atoms with E-state index in [4.69, 9.17) is 16.3 Å². The molecule has 0 saturated carbocycles. The number of amides is 1. The van der Waals surface area contributed by atoms with E-state index in [-0.39, 0.29) is 16.4 Å². The van der Waals surface area contributed by atoms with Crippen LogP contribution in [0.4, 0.5) is 15.8 Å². The van der Waals surface area contributed by atoms with Crippen LogP contribution in [0.25, 0.3) is 6.08 Å². The maximum absolute atomic E-state index is 13.0. The highest BCUT2D eigenvalue weighted by molar-refractivity contribution is 6.33. The summed E-state index contributed by atoms with van der Waals surface area (Å²) < 4.78 is 18.0. The molecule has 0 aliphatic carbocycles. The van der Waals surface area contributed by atoms with Crippen molar-refractivity contribution in [3.63, 3.8) is 0 Å². The van der Waals surface area contributed by atoms with Gasteiger partial charge in [-0.1, -0.05) is 11.6 Å². The first kappa shape index (κ1) is 20.1. The Morgan fingerprint density at radius 1 is 1.26 bits per heavy atom. The first-order valence-corrected chi connectivity index (χ1v) is 8.03. The third-order valence-corrected chi connectivity index (χ3v) is 3.68. The minimum atomic E-state index is -1.12. The molecule has 2 rings (SSSR count). The summed E-state index contributed by atoms with van der Waals surface area (Å²) >= 11 is 5.82. The minimum absolute atomic E-state index is 0.0138. The van der Waals surface area contributed by atoms with Crippen LogP contribution in [-0.2, 0) is 14.3 Å². The number of benzene rings is 2. The number of halogens is 2. The highest BCUT2D eigenvalue weighted by Gasteiger charge is 2.18. The van der Waals surface area contributed by atoms with Crippen molar-refractivity contribution < 1.29 is 23.6 Å². The third-order valence-electron chi connectivity index (χ3n) is 3.37. The topological polar surface area (TPSA) is 98.5 Å². The van der Waals surface area contributed by atoms with Gasteiger partial charge in [0.1, 0.15) is 5.82 Å². The second kappa shape index (κ2) is 8.91. The minimum Gasteiger partial charge on any atom is -0.449 e. The molecular weight excluding hydrogens is 379 g/mol. The number of nitro benzene ring substituents is 1. The average molecular weight is 393 g/mol. The summed E-state index contributed by atoms with van der Waals surface area (Å²) in [5.41, 5.74) is 0.666. The van der Waals surface area contributed by atoms with Gasteiger partial charge in [0.15, 0.2) is 6.10 Å². The zero-order chi connectivity index (χ0) is 20.0. The summed E-state index contributed by atoms with van der Waals surface area (Å²) in [4.78, 5) is 33.9. The second-order valence-corrected chi connectivity index (χ2v) is 5.78. The van der Waals surface area contributed by atoms with Crippen LogP contribution < -0.4 is 5.32 Å². The Labute approximate surface area is 158 Å². The Bertz CT molecular complexity index is 899. The Kier molecular flexibility index (Phi) is 6.62. The van der Waals surface area contributed by atoms with Crippen LogP contribution in [0.1, 0.15) is 12.5 Å². The molecule has 0 aliphatic rings. The first-order chi connectivity index (χ1) is 12.8. The van der Waals surface area contributed by atoms with E-state index in [0.717, 1.165) is 18.2 Å². The molecule has 1 atom stereocenters. The van der Waals surface area contributed by atoms with Crippen LogP contribution in [0.5, 0.6) is 0 Å². The number of anilines is 1. The Balaban J connectivity index is 1.92. The fraction of sp³-hybridized carbons (Fsp3) is 0.111. The molecule has 0 bridgehead atoms. The largest absolute Gasteiger partial charge is 0.449 e. The summed E-state index contributed by atoms with van der Waals surface area (Å²) in [5.74, 6) is -1.96. The van der Waals surface area contributed by atoms with Crippen LogP contribution >= 0.6 is 11.6 Å². The molecule has 27 heavy (non-hydrogen) atoms. The van der Waals surface area contributed by atoms with Gasteiger partial charge < -0.3 is 10.1 Å². The van der Waals surface area contributed by atoms with Crippen molar-refractivity contribution in [1.82, 2.24) is 0 Å². The van der Waals surface area contributed by atoms with Crippen LogP contribution in [0, 0.1) is 15.9 Å². The molecule has 1 amide bonds. The number of hydrogen-bond donors (Lipinski definition) is 1. The quantitative estimate of drug-likeness (QED) is 0.347. The van der Waals surface area contributed by atoms with Gasteiger partial charge in [0.2, 0.25) is 0 Å². The van der Waals surface area contributed by atoms with Crippen molar-refractivity contribution in [2.75, 3.05) is 5.32 Å². The number of carbonyl (C=O) groups is 2. The van der Waals surface area contributed by atoms with Crippen LogP contribution in [0.15, 0.2) is 48.5 Å². The van der Waals surface area contributed by atoms with E-state index in [1.807, 2.05) is 0 Å². The number of carbonyl (C=O) groups excluding carboxylic acids is 2. The van der Waals surface area contributed by atoms with Crippen molar-refractivity contribution in [2.45, 2.75) is 13.0 Å². The molecular formula is C18H14ClFN2O5. The van der Waals surface area contributed by atoms with Crippen molar-refractivity contribution >= 4 is 40.9 Å². The van der Waals surface area contributed by atoms with Crippen LogP contribution in [-0.4, -0.2) is 22.9 Å². The van der Waals surface area contributed by atoms with Gasteiger partial charge in [0.25, 0.3) is 11.6 Å². The lowest BCUT2D eigenvalue weighted by Gasteiger charge is -2.13. The van der Waals surface area contributed by atoms with E-state index in [1.54, 1.807) is 0 Å². The first-order valence-electron chi connectivity index (χ1n) is 7.65. The molecule has 0 fully saturated rings. The fourth-order valence-electron chi connectivity index (χ4n) is 1.96. The lowest BCUT2D eigenvalue weighted by Crippen LogP contribution is -2.29. The molecule has 0 unspecified atom stereocenters. The zero-order valence-corrected chi connectivity index (χ0v) is 14.8. The molecule has 2 aromatic rings. The van der Waals surface area contributed by atoms with E-state index in [0.29, 0.717) is 5.56 Å². The predicted octanol–water partition coefficient (Wildman–Crippen LogP) is 3.97. The molecule has 0 radical (unpaired) electrons. The number of nitro groups is 1. The zero-order valence-electron chi connectivity index (χ0n) is 14.0. The normalized spacial score (nSPS) is 11.8. The van der Waals surface area contributed by atoms with E-state index >= 15 is 0 Å². The fourth-order valence-corrected chi connectivity index (χ4v) is 2.18. The van der Waals surface area contributed by atoms with Crippen molar-refractivity contribution in [1.29, 1.82) is 0 Å². The van der Waals surface area contributed by atoms with E-state index in [1.165, 1.54) is 43.3 Å². The molecule has 1 N–H and O–H groups in total. The maximum atomic E-state index is 13.0. The van der Waals surface area contributed by atoms with Gasteiger partial charge in [0.05, 0.1) is 15.6 Å². The number of ether oxygens (including phenoxy) is 1. The number of hydrogen-bond acceptors (Lipinski definition) is 5. The van der Waals surface area contributed by atoms with Gasteiger partial charge in [0, 0.05) is 18.2 Å². The number of rotatable bonds is 6.